The molecule has 92 valence electrons. The molecule has 3 nitrogen and oxygen atoms in total. The number of unbranched alkanes of at least 4 members (excludes halogenated alkanes) is 1. The minimum atomic E-state index is -0.198. The van der Waals surface area contributed by atoms with Crippen LogP contribution in [0.25, 0.3) is 0 Å². The highest BCUT2D eigenvalue weighted by Crippen LogP contribution is 2.22. The van der Waals surface area contributed by atoms with E-state index in [0.717, 1.165) is 30.7 Å². The predicted molar refractivity (Wildman–Crippen MR) is 68.9 cm³/mol. The smallest absolute Gasteiger partial charge is 0.123 e. The lowest BCUT2D eigenvalue weighted by Gasteiger charge is -2.22. The highest BCUT2D eigenvalue weighted by molar-refractivity contribution is 5.33. The Bertz CT molecular complexity index is 384. The summed E-state index contributed by atoms with van der Waals surface area (Å²) in [5.74, 6) is 0.798. The lowest BCUT2D eigenvalue weighted by atomic mass is 10.1. The normalized spacial score (nSPS) is 12.2. The molecular formula is C14H20N2O. The molecule has 1 atom stereocenters. The van der Waals surface area contributed by atoms with Crippen LogP contribution in [-0.2, 0) is 0 Å². The van der Waals surface area contributed by atoms with Gasteiger partial charge >= 0.3 is 0 Å². The third-order valence-corrected chi connectivity index (χ3v) is 2.84. The van der Waals surface area contributed by atoms with E-state index in [1.165, 1.54) is 0 Å². The maximum Gasteiger partial charge on any atom is 0.123 e. The van der Waals surface area contributed by atoms with Gasteiger partial charge in [0, 0.05) is 0 Å². The maximum absolute atomic E-state index is 9.28. The van der Waals surface area contributed by atoms with Crippen molar-refractivity contribution in [2.24, 2.45) is 0 Å². The first-order valence-corrected chi connectivity index (χ1v) is 5.96. The standard InChI is InChI=1S/C14H20N2O/c1-4-5-9-16(2)14(11-15)12-7-6-8-13(10-12)17-3/h6-8,10,14H,4-5,9H2,1-3H3. The van der Waals surface area contributed by atoms with Gasteiger partial charge in [-0.1, -0.05) is 25.5 Å². The van der Waals surface area contributed by atoms with E-state index in [1.54, 1.807) is 7.11 Å². The minimum Gasteiger partial charge on any atom is -0.497 e. The molecule has 0 saturated carbocycles. The largest absolute Gasteiger partial charge is 0.497 e. The predicted octanol–water partition coefficient (Wildman–Crippen LogP) is 2.99. The molecule has 0 aromatic heterocycles. The number of rotatable bonds is 6. The fourth-order valence-corrected chi connectivity index (χ4v) is 1.78. The Hall–Kier alpha value is -1.53. The Morgan fingerprint density at radius 2 is 2.24 bits per heavy atom. The molecule has 0 aliphatic heterocycles. The van der Waals surface area contributed by atoms with Gasteiger partial charge in [0.25, 0.3) is 0 Å². The number of hydrogen-bond acceptors (Lipinski definition) is 3. The van der Waals surface area contributed by atoms with Crippen LogP contribution < -0.4 is 4.74 Å². The summed E-state index contributed by atoms with van der Waals surface area (Å²) in [5.41, 5.74) is 0.991. The van der Waals surface area contributed by atoms with E-state index in [2.05, 4.69) is 17.9 Å². The summed E-state index contributed by atoms with van der Waals surface area (Å²) in [5, 5.41) is 9.28. The zero-order valence-electron chi connectivity index (χ0n) is 10.8. The van der Waals surface area contributed by atoms with E-state index in [-0.39, 0.29) is 6.04 Å². The molecule has 0 aliphatic rings. The van der Waals surface area contributed by atoms with Crippen molar-refractivity contribution in [1.29, 1.82) is 5.26 Å². The van der Waals surface area contributed by atoms with Crippen LogP contribution in [0.3, 0.4) is 0 Å². The first kappa shape index (κ1) is 13.5. The molecule has 0 saturated heterocycles. The van der Waals surface area contributed by atoms with E-state index in [4.69, 9.17) is 4.74 Å². The summed E-state index contributed by atoms with van der Waals surface area (Å²) in [4.78, 5) is 2.08. The summed E-state index contributed by atoms with van der Waals surface area (Å²) in [6.07, 6.45) is 2.25. The van der Waals surface area contributed by atoms with Crippen molar-refractivity contribution in [3.05, 3.63) is 29.8 Å². The van der Waals surface area contributed by atoms with Gasteiger partial charge in [-0.15, -0.1) is 0 Å². The molecule has 0 N–H and O–H groups in total. The van der Waals surface area contributed by atoms with E-state index in [9.17, 15) is 5.26 Å². The third kappa shape index (κ3) is 3.76. The summed E-state index contributed by atoms with van der Waals surface area (Å²) < 4.78 is 5.18. The molecule has 1 aromatic carbocycles. The van der Waals surface area contributed by atoms with Crippen LogP contribution in [0.4, 0.5) is 0 Å². The van der Waals surface area contributed by atoms with Gasteiger partial charge in [0.05, 0.1) is 13.2 Å². The second kappa shape index (κ2) is 6.93. The summed E-state index contributed by atoms with van der Waals surface area (Å²) in [6, 6.07) is 9.86. The van der Waals surface area contributed by atoms with Crippen molar-refractivity contribution < 1.29 is 4.74 Å². The highest BCUT2D eigenvalue weighted by Gasteiger charge is 2.16. The van der Waals surface area contributed by atoms with Gasteiger partial charge in [0.2, 0.25) is 0 Å². The molecule has 1 rings (SSSR count). The van der Waals surface area contributed by atoms with E-state index in [1.807, 2.05) is 31.3 Å². The molecule has 1 unspecified atom stereocenters. The van der Waals surface area contributed by atoms with Crippen molar-refractivity contribution in [2.75, 3.05) is 20.7 Å². The fourth-order valence-electron chi connectivity index (χ4n) is 1.78. The van der Waals surface area contributed by atoms with Crippen LogP contribution >= 0.6 is 0 Å². The number of methoxy groups -OCH3 is 1. The summed E-state index contributed by atoms with van der Waals surface area (Å²) >= 11 is 0. The van der Waals surface area contributed by atoms with Gasteiger partial charge in [-0.05, 0) is 37.7 Å². The summed E-state index contributed by atoms with van der Waals surface area (Å²) in [7, 11) is 3.63. The Labute approximate surface area is 104 Å². The Balaban J connectivity index is 2.82. The molecular weight excluding hydrogens is 212 g/mol. The zero-order chi connectivity index (χ0) is 12.7. The first-order chi connectivity index (χ1) is 8.22. The Morgan fingerprint density at radius 1 is 1.47 bits per heavy atom. The molecule has 0 aliphatic carbocycles. The van der Waals surface area contributed by atoms with Gasteiger partial charge in [0.1, 0.15) is 11.8 Å². The molecule has 0 radical (unpaired) electrons. The van der Waals surface area contributed by atoms with E-state index in [0.29, 0.717) is 0 Å². The van der Waals surface area contributed by atoms with Crippen molar-refractivity contribution in [3.63, 3.8) is 0 Å². The van der Waals surface area contributed by atoms with Crippen LogP contribution in [-0.4, -0.2) is 25.6 Å². The van der Waals surface area contributed by atoms with Crippen LogP contribution in [0.15, 0.2) is 24.3 Å². The lowest BCUT2D eigenvalue weighted by Crippen LogP contribution is -2.24. The molecule has 0 bridgehead atoms. The Kier molecular flexibility index (Phi) is 5.51. The van der Waals surface area contributed by atoms with Gasteiger partial charge < -0.3 is 4.74 Å². The van der Waals surface area contributed by atoms with Gasteiger partial charge in [-0.2, -0.15) is 5.26 Å². The lowest BCUT2D eigenvalue weighted by molar-refractivity contribution is 0.286. The third-order valence-electron chi connectivity index (χ3n) is 2.84. The second-order valence-electron chi connectivity index (χ2n) is 4.14. The first-order valence-electron chi connectivity index (χ1n) is 5.96. The molecule has 17 heavy (non-hydrogen) atoms. The second-order valence-corrected chi connectivity index (χ2v) is 4.14. The monoisotopic (exact) mass is 232 g/mol. The quantitative estimate of drug-likeness (QED) is 0.756. The number of hydrogen-bond donors (Lipinski definition) is 0. The van der Waals surface area contributed by atoms with Crippen LogP contribution in [0, 0.1) is 11.3 Å². The van der Waals surface area contributed by atoms with Gasteiger partial charge in [0.15, 0.2) is 0 Å². The number of nitrogens with zero attached hydrogens (tertiary/aromatic N) is 2. The maximum atomic E-state index is 9.28. The number of nitriles is 1. The van der Waals surface area contributed by atoms with Crippen LogP contribution in [0.2, 0.25) is 0 Å². The van der Waals surface area contributed by atoms with Crippen LogP contribution in [0.5, 0.6) is 5.75 Å². The fraction of sp³-hybridized carbons (Fsp3) is 0.500. The number of ether oxygens (including phenoxy) is 1. The molecule has 0 heterocycles. The molecule has 3 heteroatoms. The molecule has 0 spiro atoms. The SMILES string of the molecule is CCCCN(C)C(C#N)c1cccc(OC)c1. The molecule has 0 fully saturated rings. The van der Waals surface area contributed by atoms with Crippen molar-refractivity contribution >= 4 is 0 Å². The van der Waals surface area contributed by atoms with Crippen molar-refractivity contribution in [2.45, 2.75) is 25.8 Å². The van der Waals surface area contributed by atoms with Gasteiger partial charge in [-0.3, -0.25) is 4.90 Å². The van der Waals surface area contributed by atoms with E-state index >= 15 is 0 Å². The molecule has 0 amide bonds. The zero-order valence-corrected chi connectivity index (χ0v) is 10.8. The topological polar surface area (TPSA) is 36.3 Å². The highest BCUT2D eigenvalue weighted by atomic mass is 16.5. The average Bonchev–Trinajstić information content (AvgIpc) is 2.37. The van der Waals surface area contributed by atoms with E-state index < -0.39 is 0 Å². The summed E-state index contributed by atoms with van der Waals surface area (Å²) in [6.45, 7) is 3.09. The van der Waals surface area contributed by atoms with Gasteiger partial charge in [-0.25, -0.2) is 0 Å². The van der Waals surface area contributed by atoms with Crippen molar-refractivity contribution in [3.8, 4) is 11.8 Å². The van der Waals surface area contributed by atoms with Crippen molar-refractivity contribution in [1.82, 2.24) is 4.90 Å². The average molecular weight is 232 g/mol. The minimum absolute atomic E-state index is 0.198. The van der Waals surface area contributed by atoms with Crippen LogP contribution in [0.1, 0.15) is 31.4 Å². The Morgan fingerprint density at radius 3 is 2.82 bits per heavy atom. The molecule has 1 aromatic rings. The number of benzene rings is 1.